The van der Waals surface area contributed by atoms with Gasteiger partial charge in [0.15, 0.2) is 9.84 Å². The zero-order chi connectivity index (χ0) is 15.0. The zero-order valence-electron chi connectivity index (χ0n) is 11.9. The van der Waals surface area contributed by atoms with E-state index in [0.717, 1.165) is 4.47 Å². The molecule has 0 unspecified atom stereocenters. The average molecular weight is 363 g/mol. The first-order chi connectivity index (χ1) is 9.27. The molecule has 1 aromatic rings. The Labute approximate surface area is 128 Å². The molecule has 1 N–H and O–H groups in total. The van der Waals surface area contributed by atoms with Crippen LogP contribution < -0.4 is 10.2 Å². The van der Waals surface area contributed by atoms with Crippen LogP contribution in [0.25, 0.3) is 0 Å². The lowest BCUT2D eigenvalue weighted by Gasteiger charge is -2.22. The van der Waals surface area contributed by atoms with E-state index in [1.165, 1.54) is 0 Å². The molecular formula is C12H19BrN4O2S. The Balaban J connectivity index is 2.27. The van der Waals surface area contributed by atoms with Crippen molar-refractivity contribution in [3.63, 3.8) is 0 Å². The molecule has 0 aliphatic carbocycles. The minimum atomic E-state index is -3.08. The van der Waals surface area contributed by atoms with Crippen LogP contribution in [0.4, 0.5) is 11.8 Å². The van der Waals surface area contributed by atoms with Gasteiger partial charge in [-0.2, -0.15) is 4.98 Å². The number of hydrogen-bond acceptors (Lipinski definition) is 6. The maximum atomic E-state index is 12.2. The van der Waals surface area contributed by atoms with E-state index < -0.39 is 14.6 Å². The van der Waals surface area contributed by atoms with E-state index in [4.69, 9.17) is 0 Å². The van der Waals surface area contributed by atoms with Crippen LogP contribution in [0.5, 0.6) is 0 Å². The molecule has 20 heavy (non-hydrogen) atoms. The number of nitrogens with one attached hydrogen (secondary N) is 1. The van der Waals surface area contributed by atoms with Gasteiger partial charge in [-0.05, 0) is 36.2 Å². The molecule has 0 spiro atoms. The van der Waals surface area contributed by atoms with Crippen LogP contribution in [-0.4, -0.2) is 49.0 Å². The van der Waals surface area contributed by atoms with E-state index in [1.807, 2.05) is 4.90 Å². The van der Waals surface area contributed by atoms with Crippen LogP contribution >= 0.6 is 15.9 Å². The third-order valence-electron chi connectivity index (χ3n) is 3.71. The largest absolute Gasteiger partial charge is 0.372 e. The summed E-state index contributed by atoms with van der Waals surface area (Å²) in [6.45, 7) is 4.63. The molecule has 0 saturated carbocycles. The molecule has 1 aliphatic rings. The van der Waals surface area contributed by atoms with Gasteiger partial charge in [-0.1, -0.05) is 0 Å². The van der Waals surface area contributed by atoms with Gasteiger partial charge in [0.2, 0.25) is 5.95 Å². The Bertz CT molecular complexity index is 603. The smallest absolute Gasteiger partial charge is 0.227 e. The van der Waals surface area contributed by atoms with Crippen molar-refractivity contribution >= 4 is 37.5 Å². The minimum absolute atomic E-state index is 0.133. The predicted molar refractivity (Wildman–Crippen MR) is 84.0 cm³/mol. The van der Waals surface area contributed by atoms with Crippen LogP contribution in [0.1, 0.15) is 20.3 Å². The molecule has 1 aromatic heterocycles. The van der Waals surface area contributed by atoms with Gasteiger partial charge < -0.3 is 10.2 Å². The highest BCUT2D eigenvalue weighted by Gasteiger charge is 2.37. The van der Waals surface area contributed by atoms with E-state index in [1.54, 1.807) is 27.1 Å². The highest BCUT2D eigenvalue weighted by Crippen LogP contribution is 2.27. The molecule has 6 nitrogen and oxygen atoms in total. The Kier molecular flexibility index (Phi) is 4.24. The first-order valence-corrected chi connectivity index (χ1v) is 8.89. The number of halogens is 1. The van der Waals surface area contributed by atoms with Crippen LogP contribution in [0.15, 0.2) is 10.7 Å². The SMILES string of the molecule is CNc1nc(N2CCC(C)(C)S(=O)(=O)CC2)ncc1Br. The fourth-order valence-corrected chi connectivity index (χ4v) is 3.87. The Morgan fingerprint density at radius 3 is 2.75 bits per heavy atom. The maximum Gasteiger partial charge on any atom is 0.227 e. The van der Waals surface area contributed by atoms with Crippen molar-refractivity contribution in [2.45, 2.75) is 25.0 Å². The van der Waals surface area contributed by atoms with Crippen LogP contribution in [-0.2, 0) is 9.84 Å². The van der Waals surface area contributed by atoms with E-state index in [0.29, 0.717) is 31.3 Å². The number of sulfone groups is 1. The Morgan fingerprint density at radius 2 is 2.10 bits per heavy atom. The zero-order valence-corrected chi connectivity index (χ0v) is 14.3. The topological polar surface area (TPSA) is 75.2 Å². The summed E-state index contributed by atoms with van der Waals surface area (Å²) >= 11 is 3.36. The summed E-state index contributed by atoms with van der Waals surface area (Å²) in [7, 11) is -1.30. The minimum Gasteiger partial charge on any atom is -0.372 e. The number of hydrogen-bond donors (Lipinski definition) is 1. The molecule has 2 heterocycles. The molecule has 0 atom stereocenters. The van der Waals surface area contributed by atoms with Crippen molar-refractivity contribution in [1.29, 1.82) is 0 Å². The normalized spacial score (nSPS) is 21.3. The van der Waals surface area contributed by atoms with Crippen LogP contribution in [0, 0.1) is 0 Å². The number of anilines is 2. The van der Waals surface area contributed by atoms with Crippen molar-refractivity contribution < 1.29 is 8.42 Å². The molecule has 0 radical (unpaired) electrons. The predicted octanol–water partition coefficient (Wildman–Crippen LogP) is 1.68. The lowest BCUT2D eigenvalue weighted by molar-refractivity contribution is 0.537. The second-order valence-corrected chi connectivity index (χ2v) is 9.03. The standard InChI is InChI=1S/C12H19BrN4O2S/c1-12(2)4-5-17(6-7-20(12,18)19)11-15-8-9(13)10(14-3)16-11/h8H,4-7H2,1-3H3,(H,14,15,16). The quantitative estimate of drug-likeness (QED) is 0.862. The summed E-state index contributed by atoms with van der Waals surface area (Å²) in [4.78, 5) is 10.6. The van der Waals surface area contributed by atoms with Gasteiger partial charge in [0, 0.05) is 26.3 Å². The summed E-state index contributed by atoms with van der Waals surface area (Å²) in [6.07, 6.45) is 2.25. The molecule has 112 valence electrons. The van der Waals surface area contributed by atoms with Gasteiger partial charge >= 0.3 is 0 Å². The number of nitrogens with zero attached hydrogens (tertiary/aromatic N) is 3. The van der Waals surface area contributed by atoms with Crippen LogP contribution in [0.3, 0.4) is 0 Å². The third kappa shape index (κ3) is 2.90. The summed E-state index contributed by atoms with van der Waals surface area (Å²) < 4.78 is 24.5. The molecule has 8 heteroatoms. The van der Waals surface area contributed by atoms with Crippen molar-refractivity contribution in [3.8, 4) is 0 Å². The fraction of sp³-hybridized carbons (Fsp3) is 0.667. The molecule has 2 rings (SSSR count). The molecule has 0 bridgehead atoms. The number of rotatable bonds is 2. The Morgan fingerprint density at radius 1 is 1.40 bits per heavy atom. The maximum absolute atomic E-state index is 12.2. The van der Waals surface area contributed by atoms with E-state index >= 15 is 0 Å². The summed E-state index contributed by atoms with van der Waals surface area (Å²) in [5.41, 5.74) is 0. The second-order valence-electron chi connectivity index (χ2n) is 5.43. The third-order valence-corrected chi connectivity index (χ3v) is 6.89. The van der Waals surface area contributed by atoms with Crippen molar-refractivity contribution in [2.24, 2.45) is 0 Å². The van der Waals surface area contributed by atoms with Crippen molar-refractivity contribution in [2.75, 3.05) is 36.1 Å². The summed E-state index contributed by atoms with van der Waals surface area (Å²) in [5, 5.41) is 2.98. The molecule has 1 aliphatic heterocycles. The molecule has 0 aromatic carbocycles. The van der Waals surface area contributed by atoms with Gasteiger partial charge in [-0.15, -0.1) is 0 Å². The monoisotopic (exact) mass is 362 g/mol. The van der Waals surface area contributed by atoms with Crippen molar-refractivity contribution in [3.05, 3.63) is 10.7 Å². The highest BCUT2D eigenvalue weighted by molar-refractivity contribution is 9.10. The number of aromatic nitrogens is 2. The molecule has 1 fully saturated rings. The van der Waals surface area contributed by atoms with Gasteiger partial charge in [0.25, 0.3) is 0 Å². The van der Waals surface area contributed by atoms with Crippen LogP contribution in [0.2, 0.25) is 0 Å². The molecule has 0 amide bonds. The first-order valence-electron chi connectivity index (χ1n) is 6.44. The fourth-order valence-electron chi connectivity index (χ4n) is 2.06. The lowest BCUT2D eigenvalue weighted by Crippen LogP contribution is -2.33. The van der Waals surface area contributed by atoms with Gasteiger partial charge in [-0.25, -0.2) is 13.4 Å². The van der Waals surface area contributed by atoms with E-state index in [-0.39, 0.29) is 5.75 Å². The lowest BCUT2D eigenvalue weighted by atomic mass is 10.1. The van der Waals surface area contributed by atoms with E-state index in [2.05, 4.69) is 31.2 Å². The first kappa shape index (κ1) is 15.5. The van der Waals surface area contributed by atoms with E-state index in [9.17, 15) is 8.42 Å². The second kappa shape index (κ2) is 5.48. The Hall–Kier alpha value is -0.890. The van der Waals surface area contributed by atoms with Gasteiger partial charge in [-0.3, -0.25) is 0 Å². The highest BCUT2D eigenvalue weighted by atomic mass is 79.9. The van der Waals surface area contributed by atoms with Gasteiger partial charge in [0.1, 0.15) is 5.82 Å². The summed E-state index contributed by atoms with van der Waals surface area (Å²) in [5.74, 6) is 1.39. The van der Waals surface area contributed by atoms with Gasteiger partial charge in [0.05, 0.1) is 15.0 Å². The average Bonchev–Trinajstić information content (AvgIpc) is 2.49. The molecule has 1 saturated heterocycles. The molecular weight excluding hydrogens is 344 g/mol. The summed E-state index contributed by atoms with van der Waals surface area (Å²) in [6, 6.07) is 0. The van der Waals surface area contributed by atoms with Crippen molar-refractivity contribution in [1.82, 2.24) is 9.97 Å².